The highest BCUT2D eigenvalue weighted by Gasteiger charge is 2.43. The number of aromatic nitrogens is 3. The lowest BCUT2D eigenvalue weighted by atomic mass is 9.70. The summed E-state index contributed by atoms with van der Waals surface area (Å²) in [5, 5.41) is 10.3. The number of nitrogen functional groups attached to an aromatic ring is 1. The van der Waals surface area contributed by atoms with Crippen LogP contribution in [0.4, 0.5) is 24.0 Å². The minimum Gasteiger partial charge on any atom is -0.467 e. The molecule has 0 spiro atoms. The van der Waals surface area contributed by atoms with E-state index < -0.39 is 36.2 Å². The normalized spacial score (nSPS) is 20.7. The second-order valence-electron chi connectivity index (χ2n) is 9.90. The number of rotatable bonds is 4. The molecule has 1 amide bonds. The van der Waals surface area contributed by atoms with Crippen LogP contribution in [-0.2, 0) is 16.6 Å². The number of halogens is 3. The fourth-order valence-electron chi connectivity index (χ4n) is 5.58. The van der Waals surface area contributed by atoms with Crippen LogP contribution in [0.25, 0.3) is 10.9 Å². The molecule has 1 aliphatic carbocycles. The van der Waals surface area contributed by atoms with Crippen molar-refractivity contribution in [2.45, 2.75) is 37.5 Å². The predicted octanol–water partition coefficient (Wildman–Crippen LogP) is 3.80. The van der Waals surface area contributed by atoms with Crippen LogP contribution in [-0.4, -0.2) is 65.0 Å². The number of aryl methyl sites for hydroxylation is 1. The van der Waals surface area contributed by atoms with Crippen molar-refractivity contribution in [3.63, 3.8) is 0 Å². The van der Waals surface area contributed by atoms with E-state index >= 15 is 4.39 Å². The molecule has 1 saturated heterocycles. The number of hydrogen-bond donors (Lipinski definition) is 1. The van der Waals surface area contributed by atoms with E-state index in [1.54, 1.807) is 0 Å². The van der Waals surface area contributed by atoms with E-state index in [0.717, 1.165) is 28.7 Å². The zero-order valence-corrected chi connectivity index (χ0v) is 22.2. The highest BCUT2D eigenvalue weighted by Crippen LogP contribution is 2.49. The molecule has 9 nitrogen and oxygen atoms in total. The lowest BCUT2D eigenvalue weighted by molar-refractivity contribution is -0.130. The van der Waals surface area contributed by atoms with Crippen LogP contribution < -0.4 is 15.4 Å². The molecule has 2 aliphatic rings. The Bertz CT molecular complexity index is 1540. The topological polar surface area (TPSA) is 121 Å². The molecule has 1 unspecified atom stereocenters. The van der Waals surface area contributed by atoms with Gasteiger partial charge in [-0.05, 0) is 37.8 Å². The van der Waals surface area contributed by atoms with Gasteiger partial charge in [-0.3, -0.25) is 9.78 Å². The van der Waals surface area contributed by atoms with E-state index in [4.69, 9.17) is 10.5 Å². The molecule has 3 aromatic heterocycles. The highest BCUT2D eigenvalue weighted by molar-refractivity contribution is 7.16. The SMILES string of the molecule is C=CC(=O)N1CCN(c2nc(OC)nc3c(F)c(C4(C)CCCc5sc(N)c(C#N)c54)ncc23)CC(F)(F)C1. The molecule has 5 rings (SSSR count). The first kappa shape index (κ1) is 26.7. The molecule has 1 aliphatic heterocycles. The van der Waals surface area contributed by atoms with Crippen molar-refractivity contribution < 1.29 is 22.7 Å². The monoisotopic (exact) mass is 557 g/mol. The molecule has 0 aromatic carbocycles. The first-order valence-electron chi connectivity index (χ1n) is 12.3. The summed E-state index contributed by atoms with van der Waals surface area (Å²) < 4.78 is 51.4. The average molecular weight is 558 g/mol. The smallest absolute Gasteiger partial charge is 0.318 e. The van der Waals surface area contributed by atoms with E-state index in [1.165, 1.54) is 29.5 Å². The number of methoxy groups -OCH3 is 1. The molecule has 0 radical (unpaired) electrons. The Morgan fingerprint density at radius 1 is 1.33 bits per heavy atom. The van der Waals surface area contributed by atoms with E-state index in [2.05, 4.69) is 27.6 Å². The number of pyridine rings is 1. The minimum atomic E-state index is -3.27. The fraction of sp³-hybridized carbons (Fsp3) is 0.423. The summed E-state index contributed by atoms with van der Waals surface area (Å²) in [6.45, 7) is 3.67. The average Bonchev–Trinajstić information content (AvgIpc) is 3.15. The second-order valence-corrected chi connectivity index (χ2v) is 11.0. The number of carbonyl (C=O) groups is 1. The number of nitrogens with zero attached hydrogens (tertiary/aromatic N) is 6. The molecule has 204 valence electrons. The molecule has 39 heavy (non-hydrogen) atoms. The minimum absolute atomic E-state index is 0.00853. The molecule has 1 atom stereocenters. The van der Waals surface area contributed by atoms with Gasteiger partial charge in [0.1, 0.15) is 22.4 Å². The van der Waals surface area contributed by atoms with Gasteiger partial charge in [0, 0.05) is 29.6 Å². The van der Waals surface area contributed by atoms with Gasteiger partial charge >= 0.3 is 6.01 Å². The largest absolute Gasteiger partial charge is 0.467 e. The van der Waals surface area contributed by atoms with E-state index in [1.807, 2.05) is 6.92 Å². The molecular weight excluding hydrogens is 531 g/mol. The van der Waals surface area contributed by atoms with E-state index in [9.17, 15) is 18.8 Å². The zero-order valence-electron chi connectivity index (χ0n) is 21.4. The first-order valence-corrected chi connectivity index (χ1v) is 13.1. The molecule has 13 heteroatoms. The Morgan fingerprint density at radius 2 is 2.10 bits per heavy atom. The van der Waals surface area contributed by atoms with Crippen LogP contribution in [0.5, 0.6) is 6.01 Å². The van der Waals surface area contributed by atoms with Gasteiger partial charge in [-0.25, -0.2) is 13.2 Å². The summed E-state index contributed by atoms with van der Waals surface area (Å²) >= 11 is 1.33. The molecule has 2 N–H and O–H groups in total. The highest BCUT2D eigenvalue weighted by atomic mass is 32.1. The quantitative estimate of drug-likeness (QED) is 0.481. The molecule has 1 fully saturated rings. The van der Waals surface area contributed by atoms with Crippen LogP contribution in [0.15, 0.2) is 18.9 Å². The lowest BCUT2D eigenvalue weighted by Crippen LogP contribution is -2.41. The van der Waals surface area contributed by atoms with Crippen LogP contribution in [0.2, 0.25) is 0 Å². The van der Waals surface area contributed by atoms with Gasteiger partial charge in [-0.2, -0.15) is 15.2 Å². The summed E-state index contributed by atoms with van der Waals surface area (Å²) in [4.78, 5) is 28.3. The third kappa shape index (κ3) is 4.42. The number of anilines is 2. The maximum atomic E-state index is 16.4. The van der Waals surface area contributed by atoms with Crippen molar-refractivity contribution >= 4 is 39.0 Å². The van der Waals surface area contributed by atoms with Crippen LogP contribution in [0.3, 0.4) is 0 Å². The number of nitriles is 1. The summed E-state index contributed by atoms with van der Waals surface area (Å²) in [5.74, 6) is -4.60. The van der Waals surface area contributed by atoms with E-state index in [-0.39, 0.29) is 41.5 Å². The standard InChI is InChI=1S/C26H26F3N7O2S/c1-4-17(37)35-8-9-36(13-26(28,29)12-35)23-15-11-32-21(19(27)20(15)33-24(34-23)38-3)25(2)7-5-6-16-18(25)14(10-30)22(31)39-16/h4,11H,1,5-9,12-13,31H2,2-3H3. The summed E-state index contributed by atoms with van der Waals surface area (Å²) in [5.41, 5.74) is 6.11. The van der Waals surface area contributed by atoms with Crippen molar-refractivity contribution in [1.29, 1.82) is 5.26 Å². The Hall–Kier alpha value is -3.92. The number of amides is 1. The van der Waals surface area contributed by atoms with Gasteiger partial charge in [-0.1, -0.05) is 6.58 Å². The Morgan fingerprint density at radius 3 is 2.79 bits per heavy atom. The van der Waals surface area contributed by atoms with Gasteiger partial charge in [0.2, 0.25) is 5.91 Å². The number of ether oxygens (including phenoxy) is 1. The maximum absolute atomic E-state index is 16.4. The molecule has 3 aromatic rings. The van der Waals surface area contributed by atoms with Crippen LogP contribution >= 0.6 is 11.3 Å². The van der Waals surface area contributed by atoms with Gasteiger partial charge in [0.25, 0.3) is 5.92 Å². The van der Waals surface area contributed by atoms with Crippen molar-refractivity contribution in [1.82, 2.24) is 19.9 Å². The fourth-order valence-corrected chi connectivity index (χ4v) is 6.77. The molecule has 4 heterocycles. The van der Waals surface area contributed by atoms with Crippen LogP contribution in [0.1, 0.15) is 41.5 Å². The predicted molar refractivity (Wildman–Crippen MR) is 141 cm³/mol. The number of nitrogens with two attached hydrogens (primary N) is 1. The number of hydrogen-bond acceptors (Lipinski definition) is 9. The Balaban J connectivity index is 1.66. The lowest BCUT2D eigenvalue weighted by Gasteiger charge is -2.34. The van der Waals surface area contributed by atoms with Gasteiger partial charge in [-0.15, -0.1) is 11.3 Å². The van der Waals surface area contributed by atoms with Gasteiger partial charge in [0.05, 0.1) is 36.8 Å². The van der Waals surface area contributed by atoms with E-state index in [0.29, 0.717) is 22.5 Å². The summed E-state index contributed by atoms with van der Waals surface area (Å²) in [6.07, 6.45) is 4.37. The Kier molecular flexibility index (Phi) is 6.62. The number of alkyl halides is 2. The molecule has 0 saturated carbocycles. The van der Waals surface area contributed by atoms with Gasteiger partial charge < -0.3 is 20.3 Å². The van der Waals surface area contributed by atoms with Crippen LogP contribution in [0, 0.1) is 17.1 Å². The maximum Gasteiger partial charge on any atom is 0.318 e. The van der Waals surface area contributed by atoms with Crippen molar-refractivity contribution in [2.24, 2.45) is 0 Å². The molecular formula is C26H26F3N7O2S. The number of thiophene rings is 1. The first-order chi connectivity index (χ1) is 18.5. The number of fused-ring (bicyclic) bond motifs is 2. The Labute approximate surface area is 226 Å². The summed E-state index contributed by atoms with van der Waals surface area (Å²) in [6, 6.07) is 1.96. The molecule has 0 bridgehead atoms. The third-order valence-corrected chi connectivity index (χ3v) is 8.45. The summed E-state index contributed by atoms with van der Waals surface area (Å²) in [7, 11) is 1.30. The van der Waals surface area contributed by atoms with Gasteiger partial charge in [0.15, 0.2) is 5.82 Å². The third-order valence-electron chi connectivity index (χ3n) is 7.37. The van der Waals surface area contributed by atoms with Crippen molar-refractivity contribution in [3.8, 4) is 12.1 Å². The zero-order chi connectivity index (χ0) is 28.1. The van der Waals surface area contributed by atoms with Crippen molar-refractivity contribution in [2.75, 3.05) is 43.9 Å². The second kappa shape index (κ2) is 9.68. The van der Waals surface area contributed by atoms with Crippen molar-refractivity contribution in [3.05, 3.63) is 46.4 Å². The number of carbonyl (C=O) groups excluding carboxylic acids is 1.